The van der Waals surface area contributed by atoms with Gasteiger partial charge in [0.05, 0.1) is 6.42 Å². The fourth-order valence-corrected chi connectivity index (χ4v) is 2.97. The van der Waals surface area contributed by atoms with Crippen molar-refractivity contribution < 1.29 is 14.0 Å². The number of benzene rings is 1. The first-order chi connectivity index (χ1) is 11.0. The highest BCUT2D eigenvalue weighted by Crippen LogP contribution is 2.17. The quantitative estimate of drug-likeness (QED) is 0.847. The average Bonchev–Trinajstić information content (AvgIpc) is 2.72. The average molecular weight is 315 g/mol. The van der Waals surface area contributed by atoms with Crippen LogP contribution in [0.5, 0.6) is 0 Å². The van der Waals surface area contributed by atoms with Gasteiger partial charge in [0.25, 0.3) is 0 Å². The minimum Gasteiger partial charge on any atom is -0.441 e. The Morgan fingerprint density at radius 1 is 1.17 bits per heavy atom. The third-order valence-electron chi connectivity index (χ3n) is 4.21. The minimum atomic E-state index is 0.0751. The molecule has 2 aromatic rings. The second-order valence-corrected chi connectivity index (χ2v) is 5.95. The standard InChI is InChI=1S/C17H21N3O3/c1-12-18-15-10-14(4-5-16(15)23-12)11-17(22)20-7-3-6-19(8-9-20)13(2)21/h4-5,10H,3,6-9,11H2,1-2H3. The van der Waals surface area contributed by atoms with E-state index in [4.69, 9.17) is 4.42 Å². The van der Waals surface area contributed by atoms with Crippen LogP contribution in [0, 0.1) is 6.92 Å². The van der Waals surface area contributed by atoms with E-state index in [1.807, 2.05) is 30.0 Å². The van der Waals surface area contributed by atoms with E-state index in [9.17, 15) is 9.59 Å². The Balaban J connectivity index is 1.66. The van der Waals surface area contributed by atoms with Gasteiger partial charge < -0.3 is 14.2 Å². The lowest BCUT2D eigenvalue weighted by atomic mass is 10.1. The Labute approximate surface area is 135 Å². The van der Waals surface area contributed by atoms with Crippen molar-refractivity contribution in [3.8, 4) is 0 Å². The molecule has 6 nitrogen and oxygen atoms in total. The molecular formula is C17H21N3O3. The minimum absolute atomic E-state index is 0.0751. The number of aryl methyl sites for hydroxylation is 1. The number of hydrogen-bond acceptors (Lipinski definition) is 4. The predicted molar refractivity (Wildman–Crippen MR) is 85.9 cm³/mol. The first-order valence-electron chi connectivity index (χ1n) is 7.92. The molecule has 0 radical (unpaired) electrons. The van der Waals surface area contributed by atoms with E-state index in [0.29, 0.717) is 31.9 Å². The summed E-state index contributed by atoms with van der Waals surface area (Å²) in [7, 11) is 0. The molecule has 3 rings (SSSR count). The zero-order chi connectivity index (χ0) is 16.4. The second-order valence-electron chi connectivity index (χ2n) is 5.95. The summed E-state index contributed by atoms with van der Waals surface area (Å²) >= 11 is 0. The first kappa shape index (κ1) is 15.5. The zero-order valence-corrected chi connectivity index (χ0v) is 13.5. The van der Waals surface area contributed by atoms with E-state index in [1.54, 1.807) is 11.8 Å². The van der Waals surface area contributed by atoms with Crippen molar-refractivity contribution in [1.29, 1.82) is 0 Å². The number of hydrogen-bond donors (Lipinski definition) is 0. The van der Waals surface area contributed by atoms with Gasteiger partial charge in [-0.2, -0.15) is 0 Å². The number of nitrogens with zero attached hydrogens (tertiary/aromatic N) is 3. The maximum Gasteiger partial charge on any atom is 0.227 e. The van der Waals surface area contributed by atoms with Crippen molar-refractivity contribution in [1.82, 2.24) is 14.8 Å². The van der Waals surface area contributed by atoms with Gasteiger partial charge >= 0.3 is 0 Å². The van der Waals surface area contributed by atoms with Gasteiger partial charge in [0, 0.05) is 40.0 Å². The van der Waals surface area contributed by atoms with Crippen molar-refractivity contribution in [2.45, 2.75) is 26.7 Å². The fourth-order valence-electron chi connectivity index (χ4n) is 2.97. The summed E-state index contributed by atoms with van der Waals surface area (Å²) in [5, 5.41) is 0. The lowest BCUT2D eigenvalue weighted by molar-refractivity contribution is -0.132. The van der Waals surface area contributed by atoms with E-state index in [-0.39, 0.29) is 11.8 Å². The second kappa shape index (κ2) is 6.40. The van der Waals surface area contributed by atoms with Crippen molar-refractivity contribution in [3.05, 3.63) is 29.7 Å². The van der Waals surface area contributed by atoms with Crippen LogP contribution in [0.3, 0.4) is 0 Å². The highest BCUT2D eigenvalue weighted by atomic mass is 16.3. The lowest BCUT2D eigenvalue weighted by Crippen LogP contribution is -2.37. The van der Waals surface area contributed by atoms with Crippen LogP contribution in [0.15, 0.2) is 22.6 Å². The number of carbonyl (C=O) groups excluding carboxylic acids is 2. The van der Waals surface area contributed by atoms with Crippen LogP contribution in [0.1, 0.15) is 24.8 Å². The summed E-state index contributed by atoms with van der Waals surface area (Å²) in [5.74, 6) is 0.793. The van der Waals surface area contributed by atoms with E-state index in [0.717, 1.165) is 29.6 Å². The summed E-state index contributed by atoms with van der Waals surface area (Å²) in [5.41, 5.74) is 2.46. The molecule has 0 N–H and O–H groups in total. The number of rotatable bonds is 2. The number of oxazole rings is 1. The van der Waals surface area contributed by atoms with Crippen molar-refractivity contribution >= 4 is 22.9 Å². The van der Waals surface area contributed by atoms with Gasteiger partial charge in [0.2, 0.25) is 11.8 Å². The smallest absolute Gasteiger partial charge is 0.227 e. The molecular weight excluding hydrogens is 294 g/mol. The molecule has 0 saturated carbocycles. The SMILES string of the molecule is CC(=O)N1CCCN(C(=O)Cc2ccc3oc(C)nc3c2)CC1. The normalized spacial score (nSPS) is 15.7. The molecule has 23 heavy (non-hydrogen) atoms. The molecule has 6 heteroatoms. The van der Waals surface area contributed by atoms with Gasteiger partial charge in [-0.3, -0.25) is 9.59 Å². The molecule has 0 aliphatic carbocycles. The van der Waals surface area contributed by atoms with Gasteiger partial charge in [-0.15, -0.1) is 0 Å². The molecule has 0 unspecified atom stereocenters. The number of aromatic nitrogens is 1. The molecule has 1 fully saturated rings. The predicted octanol–water partition coefficient (Wildman–Crippen LogP) is 1.76. The van der Waals surface area contributed by atoms with E-state index in [1.165, 1.54) is 0 Å². The molecule has 122 valence electrons. The van der Waals surface area contributed by atoms with E-state index < -0.39 is 0 Å². The summed E-state index contributed by atoms with van der Waals surface area (Å²) in [6, 6.07) is 5.67. The maximum atomic E-state index is 12.5. The van der Waals surface area contributed by atoms with E-state index in [2.05, 4.69) is 4.98 Å². The third-order valence-corrected chi connectivity index (χ3v) is 4.21. The third kappa shape index (κ3) is 3.52. The van der Waals surface area contributed by atoms with Crippen molar-refractivity contribution in [2.75, 3.05) is 26.2 Å². The lowest BCUT2D eigenvalue weighted by Gasteiger charge is -2.21. The largest absolute Gasteiger partial charge is 0.441 e. The van der Waals surface area contributed by atoms with Crippen molar-refractivity contribution in [2.24, 2.45) is 0 Å². The maximum absolute atomic E-state index is 12.5. The van der Waals surface area contributed by atoms with Gasteiger partial charge in [0.15, 0.2) is 11.5 Å². The molecule has 0 spiro atoms. The zero-order valence-electron chi connectivity index (χ0n) is 13.5. The van der Waals surface area contributed by atoms with Gasteiger partial charge in [-0.05, 0) is 24.1 Å². The number of fused-ring (bicyclic) bond motifs is 1. The fraction of sp³-hybridized carbons (Fsp3) is 0.471. The van der Waals surface area contributed by atoms with Crippen LogP contribution in [0.2, 0.25) is 0 Å². The Kier molecular flexibility index (Phi) is 4.32. The Morgan fingerprint density at radius 2 is 1.91 bits per heavy atom. The molecule has 1 aliphatic rings. The first-order valence-corrected chi connectivity index (χ1v) is 7.92. The van der Waals surface area contributed by atoms with Gasteiger partial charge in [-0.25, -0.2) is 4.98 Å². The molecule has 2 amide bonds. The molecule has 0 atom stereocenters. The van der Waals surface area contributed by atoms with Crippen LogP contribution in [0.4, 0.5) is 0 Å². The molecule has 2 heterocycles. The summed E-state index contributed by atoms with van der Waals surface area (Å²) in [6.07, 6.45) is 1.18. The van der Waals surface area contributed by atoms with Crippen LogP contribution >= 0.6 is 0 Å². The molecule has 0 bridgehead atoms. The highest BCUT2D eigenvalue weighted by molar-refractivity contribution is 5.81. The monoisotopic (exact) mass is 315 g/mol. The van der Waals surface area contributed by atoms with Gasteiger partial charge in [0.1, 0.15) is 5.52 Å². The van der Waals surface area contributed by atoms with Crippen LogP contribution in [-0.2, 0) is 16.0 Å². The number of amides is 2. The Bertz CT molecular complexity index is 738. The van der Waals surface area contributed by atoms with Crippen LogP contribution in [-0.4, -0.2) is 52.8 Å². The topological polar surface area (TPSA) is 66.7 Å². The summed E-state index contributed by atoms with van der Waals surface area (Å²) in [4.78, 5) is 31.9. The van der Waals surface area contributed by atoms with Crippen molar-refractivity contribution in [3.63, 3.8) is 0 Å². The summed E-state index contributed by atoms with van der Waals surface area (Å²) in [6.45, 7) is 6.03. The van der Waals surface area contributed by atoms with Crippen LogP contribution in [0.25, 0.3) is 11.1 Å². The highest BCUT2D eigenvalue weighted by Gasteiger charge is 2.20. The summed E-state index contributed by atoms with van der Waals surface area (Å²) < 4.78 is 5.45. The molecule has 1 aliphatic heterocycles. The van der Waals surface area contributed by atoms with Crippen LogP contribution < -0.4 is 0 Å². The molecule has 1 saturated heterocycles. The molecule has 1 aromatic carbocycles. The van der Waals surface area contributed by atoms with E-state index >= 15 is 0 Å². The number of carbonyl (C=O) groups is 2. The Hall–Kier alpha value is -2.37. The van der Waals surface area contributed by atoms with Gasteiger partial charge in [-0.1, -0.05) is 6.07 Å². The molecule has 1 aromatic heterocycles. The Morgan fingerprint density at radius 3 is 2.70 bits per heavy atom.